The number of anilines is 1. The number of allylic oxidation sites excluding steroid dienone is 1. The predicted octanol–water partition coefficient (Wildman–Crippen LogP) is -3.87. The minimum Gasteiger partial charge on any atom is -0.504 e. The summed E-state index contributed by atoms with van der Waals surface area (Å²) in [5.74, 6) is -6.91. The van der Waals surface area contributed by atoms with Gasteiger partial charge in [0.2, 0.25) is 6.29 Å². The summed E-state index contributed by atoms with van der Waals surface area (Å²) < 4.78 is 21.9. The van der Waals surface area contributed by atoms with E-state index in [2.05, 4.69) is 4.99 Å². The van der Waals surface area contributed by atoms with Gasteiger partial charge in [-0.3, -0.25) is 4.99 Å². The van der Waals surface area contributed by atoms with Crippen molar-refractivity contribution in [1.82, 2.24) is 0 Å². The van der Waals surface area contributed by atoms with Gasteiger partial charge >= 0.3 is 23.9 Å². The molecule has 0 spiro atoms. The van der Waals surface area contributed by atoms with Crippen LogP contribution in [0.4, 0.5) is 5.69 Å². The molecule has 0 aliphatic carbocycles. The molecule has 4 aliphatic rings. The van der Waals surface area contributed by atoms with Crippen LogP contribution < -0.4 is 9.64 Å². The van der Waals surface area contributed by atoms with Crippen LogP contribution in [0.3, 0.4) is 0 Å². The van der Waals surface area contributed by atoms with Gasteiger partial charge in [-0.1, -0.05) is 0 Å². The Labute approximate surface area is 285 Å². The molecule has 0 radical (unpaired) electrons. The van der Waals surface area contributed by atoms with Gasteiger partial charge in [-0.25, -0.2) is 19.2 Å². The smallest absolute Gasteiger partial charge is 0.354 e. The number of carboxylic acids is 4. The van der Waals surface area contributed by atoms with Crippen LogP contribution in [-0.2, 0) is 39.8 Å². The van der Waals surface area contributed by atoms with E-state index in [0.29, 0.717) is 0 Å². The molecule has 21 heteroatoms. The molecule has 1 aromatic rings. The average Bonchev–Trinajstić information content (AvgIpc) is 3.43. The van der Waals surface area contributed by atoms with Crippen LogP contribution in [0.1, 0.15) is 12.0 Å². The van der Waals surface area contributed by atoms with Gasteiger partial charge in [-0.05, 0) is 29.4 Å². The van der Waals surface area contributed by atoms with Crippen molar-refractivity contribution < 1.29 is 94.3 Å². The van der Waals surface area contributed by atoms with Crippen molar-refractivity contribution in [3.05, 3.63) is 41.6 Å². The number of fused-ring (bicyclic) bond motifs is 1. The minimum absolute atomic E-state index is 0.147. The second kappa shape index (κ2) is 14.9. The maximum atomic E-state index is 12.2. The van der Waals surface area contributed by atoms with E-state index < -0.39 is 121 Å². The molecule has 4 heterocycles. The van der Waals surface area contributed by atoms with Crippen LogP contribution in [0, 0.1) is 0 Å². The molecule has 4 aliphatic heterocycles. The molecule has 0 bridgehead atoms. The van der Waals surface area contributed by atoms with E-state index in [-0.39, 0.29) is 29.7 Å². The number of aliphatic carboxylic acids is 4. The second-order valence-electron chi connectivity index (χ2n) is 12.0. The number of rotatable bonds is 11. The normalized spacial score (nSPS) is 35.1. The zero-order chi connectivity index (χ0) is 37.5. The van der Waals surface area contributed by atoms with Crippen LogP contribution in [0.25, 0.3) is 0 Å². The molecule has 0 amide bonds. The zero-order valence-corrected chi connectivity index (χ0v) is 26.0. The Morgan fingerprint density at radius 2 is 1.57 bits per heavy atom. The summed E-state index contributed by atoms with van der Waals surface area (Å²) in [6.45, 7) is -0.861. The van der Waals surface area contributed by atoms with Gasteiger partial charge in [0, 0.05) is 30.8 Å². The molecule has 5 rings (SSSR count). The Hall–Kier alpha value is -4.71. The van der Waals surface area contributed by atoms with Crippen molar-refractivity contribution in [2.24, 2.45) is 4.99 Å². The lowest BCUT2D eigenvalue weighted by molar-refractivity contribution is -0.353. The average molecular weight is 727 g/mol. The van der Waals surface area contributed by atoms with Crippen molar-refractivity contribution >= 4 is 35.3 Å². The van der Waals surface area contributed by atoms with E-state index in [0.717, 1.165) is 12.1 Å². The molecular weight excluding hydrogens is 692 g/mol. The lowest BCUT2D eigenvalue weighted by Gasteiger charge is -2.45. The SMILES string of the molecule is O=C(O)C1=NC(C(=O)O)CC(C=CN2c3cc(O)c(OC4OC(CO)C(O)C(O)C4OC4OC(C(=O)O)C(O)C(O)C4O)cc3CC2C(=O)O)=C1. The number of nitrogens with zero attached hydrogens (tertiary/aromatic N) is 2. The van der Waals surface area contributed by atoms with E-state index >= 15 is 0 Å². The maximum Gasteiger partial charge on any atom is 0.354 e. The van der Waals surface area contributed by atoms with Crippen LogP contribution in [0.15, 0.2) is 41.1 Å². The van der Waals surface area contributed by atoms with Crippen molar-refractivity contribution in [3.63, 3.8) is 0 Å². The molecule has 2 fully saturated rings. The van der Waals surface area contributed by atoms with E-state index in [1.807, 2.05) is 0 Å². The quantitative estimate of drug-likeness (QED) is 0.104. The number of aromatic hydroxyl groups is 1. The minimum atomic E-state index is -2.10. The summed E-state index contributed by atoms with van der Waals surface area (Å²) in [6, 6.07) is -0.352. The number of carboxylic acid groups (broad SMARTS) is 4. The van der Waals surface area contributed by atoms with Crippen molar-refractivity contribution in [3.8, 4) is 11.5 Å². The molecule has 278 valence electrons. The van der Waals surface area contributed by atoms with Gasteiger partial charge in [0.15, 0.2) is 36.0 Å². The molecule has 0 saturated carbocycles. The number of aliphatic hydroxyl groups is 6. The third kappa shape index (κ3) is 7.51. The monoisotopic (exact) mass is 726 g/mol. The van der Waals surface area contributed by atoms with Crippen LogP contribution in [-0.4, -0.2) is 166 Å². The Morgan fingerprint density at radius 1 is 0.863 bits per heavy atom. The number of benzene rings is 1. The molecule has 51 heavy (non-hydrogen) atoms. The lowest BCUT2D eigenvalue weighted by Crippen LogP contribution is -2.65. The first-order valence-corrected chi connectivity index (χ1v) is 15.2. The molecule has 2 saturated heterocycles. The van der Waals surface area contributed by atoms with E-state index in [1.54, 1.807) is 0 Å². The fourth-order valence-electron chi connectivity index (χ4n) is 5.96. The maximum absolute atomic E-state index is 12.2. The highest BCUT2D eigenvalue weighted by atomic mass is 16.8. The Balaban J connectivity index is 1.43. The molecule has 12 unspecified atom stereocenters. The highest BCUT2D eigenvalue weighted by Gasteiger charge is 2.53. The zero-order valence-electron chi connectivity index (χ0n) is 26.0. The van der Waals surface area contributed by atoms with Gasteiger partial charge < -0.3 is 80.0 Å². The Bertz CT molecular complexity index is 1640. The van der Waals surface area contributed by atoms with Crippen molar-refractivity contribution in [2.75, 3.05) is 11.5 Å². The number of carbonyl (C=O) groups is 4. The summed E-state index contributed by atoms with van der Waals surface area (Å²) in [7, 11) is 0. The first kappa shape index (κ1) is 37.5. The lowest BCUT2D eigenvalue weighted by atomic mass is 9.97. The third-order valence-corrected chi connectivity index (χ3v) is 8.64. The van der Waals surface area contributed by atoms with Gasteiger partial charge in [0.1, 0.15) is 48.4 Å². The highest BCUT2D eigenvalue weighted by molar-refractivity contribution is 6.41. The molecule has 11 N–H and O–H groups in total. The molecular formula is C30H34N2O19. The summed E-state index contributed by atoms with van der Waals surface area (Å²) in [5.41, 5.74) is 0.111. The number of ether oxygens (including phenoxy) is 4. The summed E-state index contributed by atoms with van der Waals surface area (Å²) in [4.78, 5) is 51.7. The van der Waals surface area contributed by atoms with Gasteiger partial charge in [-0.2, -0.15) is 0 Å². The van der Waals surface area contributed by atoms with Gasteiger partial charge in [-0.15, -0.1) is 0 Å². The number of dihydropyridines is 1. The van der Waals surface area contributed by atoms with Crippen LogP contribution in [0.5, 0.6) is 11.5 Å². The second-order valence-corrected chi connectivity index (χ2v) is 12.0. The molecule has 0 aromatic heterocycles. The predicted molar refractivity (Wildman–Crippen MR) is 162 cm³/mol. The fourth-order valence-corrected chi connectivity index (χ4v) is 5.96. The van der Waals surface area contributed by atoms with Crippen molar-refractivity contribution in [1.29, 1.82) is 0 Å². The Kier molecular flexibility index (Phi) is 10.9. The molecule has 21 nitrogen and oxygen atoms in total. The third-order valence-electron chi connectivity index (χ3n) is 8.64. The number of hydrogen-bond donors (Lipinski definition) is 11. The number of hydrogen-bond acceptors (Lipinski definition) is 17. The first-order chi connectivity index (χ1) is 24.0. The van der Waals surface area contributed by atoms with Crippen LogP contribution >= 0.6 is 0 Å². The van der Waals surface area contributed by atoms with Crippen molar-refractivity contribution in [2.45, 2.75) is 86.3 Å². The number of phenolic OH excluding ortho intramolecular Hbond substituents is 1. The standard InChI is InChI=1S/C30H34N2O19/c33-8-17-18(35)20(37)24(51-29-22(39)19(36)21(38)23(50-29)28(46)47)30(49-17)48-16-6-10-5-14(27(44)45)32(13(10)7-15(16)34)2-1-9-3-11(25(40)41)31-12(4-9)26(42)43/h1-3,6-7,12,14,17-24,29-30,33-39H,4-5,8H2,(H,40,41)(H,42,43)(H,44,45)(H,46,47). The number of phenols is 1. The molecule has 12 atom stereocenters. The van der Waals surface area contributed by atoms with E-state index in [1.165, 1.54) is 23.2 Å². The summed E-state index contributed by atoms with van der Waals surface area (Å²) in [6.07, 6.45) is -16.1. The van der Waals surface area contributed by atoms with E-state index in [4.69, 9.17) is 18.9 Å². The summed E-state index contributed by atoms with van der Waals surface area (Å²) >= 11 is 0. The van der Waals surface area contributed by atoms with E-state index in [9.17, 15) is 75.3 Å². The molecule has 1 aromatic carbocycles. The first-order valence-electron chi connectivity index (χ1n) is 15.2. The topological polar surface area (TPSA) is 343 Å². The van der Waals surface area contributed by atoms with Crippen LogP contribution in [0.2, 0.25) is 0 Å². The summed E-state index contributed by atoms with van der Waals surface area (Å²) in [5, 5.41) is 111. The highest BCUT2D eigenvalue weighted by Crippen LogP contribution is 2.42. The largest absolute Gasteiger partial charge is 0.504 e. The fraction of sp³-hybridized carbons (Fsp3) is 0.500. The number of aliphatic imine (C=N–C) groups is 1. The Morgan fingerprint density at radius 3 is 2.18 bits per heavy atom. The van der Waals surface area contributed by atoms with Gasteiger partial charge in [0.05, 0.1) is 6.61 Å². The van der Waals surface area contributed by atoms with Gasteiger partial charge in [0.25, 0.3) is 0 Å². The number of aliphatic hydroxyl groups excluding tert-OH is 6.